The van der Waals surface area contributed by atoms with Gasteiger partial charge in [-0.25, -0.2) is 9.97 Å². The molecule has 3 nitrogen and oxygen atoms in total. The zero-order valence-corrected chi connectivity index (χ0v) is 14.0. The molecule has 6 heteroatoms. The zero-order valence-electron chi connectivity index (χ0n) is 14.0. The fraction of sp³-hybridized carbons (Fsp3) is 0.0476. The molecule has 0 radical (unpaired) electrons. The Hall–Kier alpha value is -3.41. The number of nitrogens with zero attached hydrogens (tertiary/aromatic N) is 2. The molecular weight excluding hydrogens is 351 g/mol. The Morgan fingerprint density at radius 3 is 2.30 bits per heavy atom. The standard InChI is InChI=1S/C21H14F3N3/c22-21(23,24)16-10-8-15(9-11-16)19-12-20(26-13-25-19)27-18-7-3-5-14-4-1-2-6-17(14)18/h1-13H,(H,25,26,27). The van der Waals surface area contributed by atoms with E-state index in [-0.39, 0.29) is 0 Å². The van der Waals surface area contributed by atoms with Crippen molar-refractivity contribution in [1.29, 1.82) is 0 Å². The molecule has 3 aromatic carbocycles. The maximum atomic E-state index is 12.7. The molecule has 0 saturated heterocycles. The summed E-state index contributed by atoms with van der Waals surface area (Å²) < 4.78 is 38.2. The molecule has 1 N–H and O–H groups in total. The van der Waals surface area contributed by atoms with Crippen molar-refractivity contribution in [3.8, 4) is 11.3 Å². The zero-order chi connectivity index (χ0) is 18.9. The topological polar surface area (TPSA) is 37.8 Å². The SMILES string of the molecule is FC(F)(F)c1ccc(-c2cc(Nc3cccc4ccccc34)ncn2)cc1. The van der Waals surface area contributed by atoms with Crippen LogP contribution in [0.1, 0.15) is 5.56 Å². The number of nitrogens with one attached hydrogen (secondary N) is 1. The van der Waals surface area contributed by atoms with Gasteiger partial charge in [0.15, 0.2) is 0 Å². The monoisotopic (exact) mass is 365 g/mol. The van der Waals surface area contributed by atoms with Gasteiger partial charge in [0.05, 0.1) is 11.3 Å². The van der Waals surface area contributed by atoms with Crippen molar-refractivity contribution in [3.05, 3.63) is 84.7 Å². The molecule has 27 heavy (non-hydrogen) atoms. The van der Waals surface area contributed by atoms with Crippen molar-refractivity contribution >= 4 is 22.3 Å². The van der Waals surface area contributed by atoms with E-state index in [1.807, 2.05) is 42.5 Å². The third kappa shape index (κ3) is 3.60. The molecule has 0 fully saturated rings. The van der Waals surface area contributed by atoms with Crippen molar-refractivity contribution in [3.63, 3.8) is 0 Å². The number of anilines is 2. The first-order chi connectivity index (χ1) is 13.0. The number of rotatable bonds is 3. The van der Waals surface area contributed by atoms with Crippen molar-refractivity contribution in [2.75, 3.05) is 5.32 Å². The van der Waals surface area contributed by atoms with E-state index >= 15 is 0 Å². The van der Waals surface area contributed by atoms with Crippen LogP contribution in [0.2, 0.25) is 0 Å². The molecule has 0 spiro atoms. The first-order valence-electron chi connectivity index (χ1n) is 8.25. The van der Waals surface area contributed by atoms with Crippen LogP contribution in [0, 0.1) is 0 Å². The Balaban J connectivity index is 1.65. The van der Waals surface area contributed by atoms with Crippen LogP contribution < -0.4 is 5.32 Å². The Morgan fingerprint density at radius 2 is 1.52 bits per heavy atom. The molecular formula is C21H14F3N3. The lowest BCUT2D eigenvalue weighted by Crippen LogP contribution is -2.04. The van der Waals surface area contributed by atoms with Gasteiger partial charge in [-0.15, -0.1) is 0 Å². The van der Waals surface area contributed by atoms with Crippen LogP contribution in [0.3, 0.4) is 0 Å². The highest BCUT2D eigenvalue weighted by Crippen LogP contribution is 2.31. The molecule has 4 rings (SSSR count). The lowest BCUT2D eigenvalue weighted by atomic mass is 10.1. The largest absolute Gasteiger partial charge is 0.416 e. The van der Waals surface area contributed by atoms with E-state index in [1.54, 1.807) is 6.07 Å². The van der Waals surface area contributed by atoms with Crippen molar-refractivity contribution in [1.82, 2.24) is 9.97 Å². The lowest BCUT2D eigenvalue weighted by Gasteiger charge is -2.10. The molecule has 134 valence electrons. The molecule has 0 saturated carbocycles. The predicted molar refractivity (Wildman–Crippen MR) is 99.7 cm³/mol. The number of fused-ring (bicyclic) bond motifs is 1. The third-order valence-electron chi connectivity index (χ3n) is 4.23. The summed E-state index contributed by atoms with van der Waals surface area (Å²) in [6.45, 7) is 0. The van der Waals surface area contributed by atoms with Gasteiger partial charge < -0.3 is 5.32 Å². The highest BCUT2D eigenvalue weighted by Gasteiger charge is 2.30. The molecule has 0 aliphatic rings. The van der Waals surface area contributed by atoms with E-state index in [9.17, 15) is 13.2 Å². The number of benzene rings is 3. The van der Waals surface area contributed by atoms with E-state index in [0.717, 1.165) is 28.6 Å². The normalized spacial score (nSPS) is 11.5. The van der Waals surface area contributed by atoms with Gasteiger partial charge in [0.1, 0.15) is 12.1 Å². The second-order valence-corrected chi connectivity index (χ2v) is 6.02. The van der Waals surface area contributed by atoms with Crippen LogP contribution >= 0.6 is 0 Å². The quantitative estimate of drug-likeness (QED) is 0.480. The maximum absolute atomic E-state index is 12.7. The van der Waals surface area contributed by atoms with Gasteiger partial charge in [-0.3, -0.25) is 0 Å². The minimum absolute atomic E-state index is 0.543. The maximum Gasteiger partial charge on any atom is 0.416 e. The Morgan fingerprint density at radius 1 is 0.778 bits per heavy atom. The van der Waals surface area contributed by atoms with Gasteiger partial charge in [0.25, 0.3) is 0 Å². The number of aromatic nitrogens is 2. The molecule has 0 unspecified atom stereocenters. The van der Waals surface area contributed by atoms with Gasteiger partial charge in [-0.05, 0) is 23.6 Å². The van der Waals surface area contributed by atoms with Crippen LogP contribution in [-0.4, -0.2) is 9.97 Å². The molecule has 0 aliphatic carbocycles. The van der Waals surface area contributed by atoms with Gasteiger partial charge in [-0.1, -0.05) is 48.5 Å². The number of halogens is 3. The summed E-state index contributed by atoms with van der Waals surface area (Å²) in [5, 5.41) is 5.41. The molecule has 1 heterocycles. The van der Waals surface area contributed by atoms with E-state index in [0.29, 0.717) is 17.1 Å². The molecule has 0 aliphatic heterocycles. The Kier molecular flexibility index (Phi) is 4.24. The van der Waals surface area contributed by atoms with Gasteiger partial charge in [0.2, 0.25) is 0 Å². The van der Waals surface area contributed by atoms with E-state index in [1.165, 1.54) is 18.5 Å². The highest BCUT2D eigenvalue weighted by molar-refractivity contribution is 5.95. The molecule has 0 bridgehead atoms. The minimum Gasteiger partial charge on any atom is -0.340 e. The number of hydrogen-bond acceptors (Lipinski definition) is 3. The smallest absolute Gasteiger partial charge is 0.340 e. The van der Waals surface area contributed by atoms with Crippen LogP contribution in [0.4, 0.5) is 24.7 Å². The fourth-order valence-corrected chi connectivity index (χ4v) is 2.89. The first kappa shape index (κ1) is 17.0. The fourth-order valence-electron chi connectivity index (χ4n) is 2.89. The average Bonchev–Trinajstić information content (AvgIpc) is 2.68. The number of alkyl halides is 3. The molecule has 0 amide bonds. The van der Waals surface area contributed by atoms with Crippen molar-refractivity contribution in [2.24, 2.45) is 0 Å². The minimum atomic E-state index is -4.36. The van der Waals surface area contributed by atoms with Gasteiger partial charge in [0, 0.05) is 22.7 Å². The lowest BCUT2D eigenvalue weighted by molar-refractivity contribution is -0.137. The summed E-state index contributed by atoms with van der Waals surface area (Å²) in [5.74, 6) is 0.566. The summed E-state index contributed by atoms with van der Waals surface area (Å²) in [5.41, 5.74) is 1.34. The Bertz CT molecular complexity index is 1080. The molecule has 0 atom stereocenters. The third-order valence-corrected chi connectivity index (χ3v) is 4.23. The second-order valence-electron chi connectivity index (χ2n) is 6.02. The summed E-state index contributed by atoms with van der Waals surface area (Å²) in [7, 11) is 0. The summed E-state index contributed by atoms with van der Waals surface area (Å²) >= 11 is 0. The van der Waals surface area contributed by atoms with Crippen LogP contribution in [-0.2, 0) is 6.18 Å². The summed E-state index contributed by atoms with van der Waals surface area (Å²) in [6, 6.07) is 20.5. The van der Waals surface area contributed by atoms with Crippen molar-refractivity contribution < 1.29 is 13.2 Å². The second kappa shape index (κ2) is 6.72. The van der Waals surface area contributed by atoms with Gasteiger partial charge in [-0.2, -0.15) is 13.2 Å². The molecule has 4 aromatic rings. The van der Waals surface area contributed by atoms with E-state index in [4.69, 9.17) is 0 Å². The highest BCUT2D eigenvalue weighted by atomic mass is 19.4. The van der Waals surface area contributed by atoms with Crippen LogP contribution in [0.25, 0.3) is 22.0 Å². The van der Waals surface area contributed by atoms with E-state index < -0.39 is 11.7 Å². The first-order valence-corrected chi connectivity index (χ1v) is 8.25. The summed E-state index contributed by atoms with van der Waals surface area (Å²) in [4.78, 5) is 8.39. The number of hydrogen-bond donors (Lipinski definition) is 1. The van der Waals surface area contributed by atoms with Gasteiger partial charge >= 0.3 is 6.18 Å². The van der Waals surface area contributed by atoms with Crippen LogP contribution in [0.15, 0.2) is 79.1 Å². The van der Waals surface area contributed by atoms with Crippen LogP contribution in [0.5, 0.6) is 0 Å². The predicted octanol–water partition coefficient (Wildman–Crippen LogP) is 6.06. The Labute approximate surface area is 153 Å². The van der Waals surface area contributed by atoms with E-state index in [2.05, 4.69) is 15.3 Å². The average molecular weight is 365 g/mol. The summed E-state index contributed by atoms with van der Waals surface area (Å²) in [6.07, 6.45) is -2.97. The van der Waals surface area contributed by atoms with Crippen molar-refractivity contribution in [2.45, 2.75) is 6.18 Å². The molecule has 1 aromatic heterocycles.